The zero-order valence-electron chi connectivity index (χ0n) is 13.1. The van der Waals surface area contributed by atoms with Crippen LogP contribution in [0.2, 0.25) is 0 Å². The monoisotopic (exact) mass is 330 g/mol. The van der Waals surface area contributed by atoms with Crippen LogP contribution in [0.3, 0.4) is 0 Å². The summed E-state index contributed by atoms with van der Waals surface area (Å²) in [4.78, 5) is 27.8. The van der Waals surface area contributed by atoms with E-state index >= 15 is 0 Å². The Hall–Kier alpha value is -2.76. The number of anilines is 1. The van der Waals surface area contributed by atoms with E-state index in [-0.39, 0.29) is 30.2 Å². The molecule has 24 heavy (non-hydrogen) atoms. The summed E-state index contributed by atoms with van der Waals surface area (Å²) < 4.78 is 27.2. The van der Waals surface area contributed by atoms with Crippen molar-refractivity contribution in [3.8, 4) is 0 Å². The molecule has 2 aromatic rings. The Morgan fingerprint density at radius 2 is 1.83 bits per heavy atom. The van der Waals surface area contributed by atoms with Crippen molar-refractivity contribution < 1.29 is 18.4 Å². The first-order chi connectivity index (χ1) is 11.5. The van der Waals surface area contributed by atoms with Gasteiger partial charge in [-0.2, -0.15) is 0 Å². The van der Waals surface area contributed by atoms with Crippen molar-refractivity contribution in [2.75, 3.05) is 18.0 Å². The van der Waals surface area contributed by atoms with Crippen LogP contribution in [0.25, 0.3) is 0 Å². The fourth-order valence-corrected chi connectivity index (χ4v) is 2.84. The van der Waals surface area contributed by atoms with Crippen LogP contribution in [0.1, 0.15) is 17.3 Å². The number of halogens is 2. The van der Waals surface area contributed by atoms with Crippen LogP contribution in [0.4, 0.5) is 14.5 Å². The Balaban J connectivity index is 1.83. The summed E-state index contributed by atoms with van der Waals surface area (Å²) >= 11 is 0. The van der Waals surface area contributed by atoms with Gasteiger partial charge in [0.2, 0.25) is 5.91 Å². The van der Waals surface area contributed by atoms with Crippen molar-refractivity contribution in [2.24, 2.45) is 0 Å². The highest BCUT2D eigenvalue weighted by Crippen LogP contribution is 2.24. The lowest BCUT2D eigenvalue weighted by molar-refractivity contribution is -0.124. The number of carbonyl (C=O) groups is 2. The SMILES string of the molecule is CC1C(=O)N(c2ccccc2F)CCN1C(=O)c1cccc(F)c1. The maximum Gasteiger partial charge on any atom is 0.254 e. The van der Waals surface area contributed by atoms with Gasteiger partial charge in [0.05, 0.1) is 5.69 Å². The lowest BCUT2D eigenvalue weighted by Gasteiger charge is -2.39. The van der Waals surface area contributed by atoms with Crippen molar-refractivity contribution in [2.45, 2.75) is 13.0 Å². The largest absolute Gasteiger partial charge is 0.325 e. The number of rotatable bonds is 2. The van der Waals surface area contributed by atoms with Gasteiger partial charge in [-0.1, -0.05) is 18.2 Å². The molecule has 6 heteroatoms. The number of amides is 2. The topological polar surface area (TPSA) is 40.6 Å². The Kier molecular flexibility index (Phi) is 4.29. The molecular formula is C18H16F2N2O2. The van der Waals surface area contributed by atoms with Gasteiger partial charge in [-0.25, -0.2) is 8.78 Å². The number of nitrogens with zero attached hydrogens (tertiary/aromatic N) is 2. The van der Waals surface area contributed by atoms with Gasteiger partial charge in [-0.15, -0.1) is 0 Å². The third-order valence-corrected chi connectivity index (χ3v) is 4.13. The van der Waals surface area contributed by atoms with Gasteiger partial charge in [-0.05, 0) is 37.3 Å². The summed E-state index contributed by atoms with van der Waals surface area (Å²) in [6.45, 7) is 2.02. The second-order valence-corrected chi connectivity index (χ2v) is 5.63. The molecule has 0 saturated carbocycles. The van der Waals surface area contributed by atoms with Crippen molar-refractivity contribution >= 4 is 17.5 Å². The van der Waals surface area contributed by atoms with E-state index < -0.39 is 23.6 Å². The second kappa shape index (κ2) is 6.39. The molecule has 0 spiro atoms. The van der Waals surface area contributed by atoms with Gasteiger partial charge in [0, 0.05) is 18.7 Å². The zero-order chi connectivity index (χ0) is 17.3. The average Bonchev–Trinajstić information content (AvgIpc) is 2.57. The van der Waals surface area contributed by atoms with E-state index in [4.69, 9.17) is 0 Å². The number of para-hydroxylation sites is 1. The standard InChI is InChI=1S/C18H16F2N2O2/c1-12-17(23)22(16-8-3-2-7-15(16)20)10-9-21(12)18(24)13-5-4-6-14(19)11-13/h2-8,11-12H,9-10H2,1H3. The van der Waals surface area contributed by atoms with Crippen molar-refractivity contribution in [3.63, 3.8) is 0 Å². The van der Waals surface area contributed by atoms with Gasteiger partial charge in [-0.3, -0.25) is 9.59 Å². The first-order valence-electron chi connectivity index (χ1n) is 7.61. The summed E-state index contributed by atoms with van der Waals surface area (Å²) in [7, 11) is 0. The van der Waals surface area contributed by atoms with Crippen LogP contribution in [0, 0.1) is 11.6 Å². The number of hydrogen-bond acceptors (Lipinski definition) is 2. The van der Waals surface area contributed by atoms with Crippen LogP contribution in [0.15, 0.2) is 48.5 Å². The zero-order valence-corrected chi connectivity index (χ0v) is 13.1. The minimum atomic E-state index is -0.755. The molecule has 0 radical (unpaired) electrons. The first-order valence-corrected chi connectivity index (χ1v) is 7.61. The number of hydrogen-bond donors (Lipinski definition) is 0. The Bertz CT molecular complexity index is 794. The average molecular weight is 330 g/mol. The molecule has 4 nitrogen and oxygen atoms in total. The highest BCUT2D eigenvalue weighted by Gasteiger charge is 2.36. The third-order valence-electron chi connectivity index (χ3n) is 4.13. The Labute approximate surface area is 138 Å². The van der Waals surface area contributed by atoms with Crippen LogP contribution in [-0.4, -0.2) is 35.8 Å². The highest BCUT2D eigenvalue weighted by molar-refractivity contribution is 6.03. The number of benzene rings is 2. The molecule has 0 aliphatic carbocycles. The van der Waals surface area contributed by atoms with Crippen LogP contribution >= 0.6 is 0 Å². The summed E-state index contributed by atoms with van der Waals surface area (Å²) in [5, 5.41) is 0. The fourth-order valence-electron chi connectivity index (χ4n) is 2.84. The minimum Gasteiger partial charge on any atom is -0.325 e. The maximum absolute atomic E-state index is 13.9. The molecule has 1 atom stereocenters. The summed E-state index contributed by atoms with van der Waals surface area (Å²) in [6.07, 6.45) is 0. The lowest BCUT2D eigenvalue weighted by Crippen LogP contribution is -2.58. The van der Waals surface area contributed by atoms with Crippen molar-refractivity contribution in [3.05, 3.63) is 65.7 Å². The summed E-state index contributed by atoms with van der Waals surface area (Å²) in [5.74, 6) is -1.77. The lowest BCUT2D eigenvalue weighted by atomic mass is 10.1. The Morgan fingerprint density at radius 1 is 1.08 bits per heavy atom. The predicted molar refractivity (Wildman–Crippen MR) is 85.7 cm³/mol. The number of piperazine rings is 1. The van der Waals surface area contributed by atoms with E-state index in [9.17, 15) is 18.4 Å². The van der Waals surface area contributed by atoms with E-state index in [1.165, 1.54) is 40.1 Å². The molecule has 2 aromatic carbocycles. The molecule has 1 unspecified atom stereocenters. The van der Waals surface area contributed by atoms with Crippen LogP contribution in [-0.2, 0) is 4.79 Å². The smallest absolute Gasteiger partial charge is 0.254 e. The van der Waals surface area contributed by atoms with E-state index in [0.717, 1.165) is 6.07 Å². The molecule has 2 amide bonds. The first kappa shape index (κ1) is 16.1. The molecule has 1 saturated heterocycles. The van der Waals surface area contributed by atoms with E-state index in [1.54, 1.807) is 19.1 Å². The van der Waals surface area contributed by atoms with Crippen LogP contribution < -0.4 is 4.90 Å². The van der Waals surface area contributed by atoms with Gasteiger partial charge in [0.1, 0.15) is 17.7 Å². The maximum atomic E-state index is 13.9. The quantitative estimate of drug-likeness (QED) is 0.849. The molecule has 3 rings (SSSR count). The van der Waals surface area contributed by atoms with E-state index in [0.29, 0.717) is 0 Å². The predicted octanol–water partition coefficient (Wildman–Crippen LogP) is 2.84. The van der Waals surface area contributed by atoms with Gasteiger partial charge < -0.3 is 9.80 Å². The summed E-state index contributed by atoms with van der Waals surface area (Å²) in [6, 6.07) is 10.6. The molecule has 0 bridgehead atoms. The molecule has 1 aliphatic rings. The van der Waals surface area contributed by atoms with Gasteiger partial charge >= 0.3 is 0 Å². The van der Waals surface area contributed by atoms with Crippen LogP contribution in [0.5, 0.6) is 0 Å². The van der Waals surface area contributed by atoms with Gasteiger partial charge in [0.15, 0.2) is 0 Å². The minimum absolute atomic E-state index is 0.186. The van der Waals surface area contributed by atoms with Crippen molar-refractivity contribution in [1.29, 1.82) is 0 Å². The highest BCUT2D eigenvalue weighted by atomic mass is 19.1. The Morgan fingerprint density at radius 3 is 2.54 bits per heavy atom. The molecule has 1 heterocycles. The summed E-state index contributed by atoms with van der Waals surface area (Å²) in [5.41, 5.74) is 0.390. The molecule has 1 fully saturated rings. The number of carbonyl (C=O) groups excluding carboxylic acids is 2. The molecule has 1 aliphatic heterocycles. The van der Waals surface area contributed by atoms with E-state index in [1.807, 2.05) is 0 Å². The van der Waals surface area contributed by atoms with Crippen molar-refractivity contribution in [1.82, 2.24) is 4.90 Å². The third kappa shape index (κ3) is 2.87. The second-order valence-electron chi connectivity index (χ2n) is 5.63. The normalized spacial score (nSPS) is 18.0. The molecule has 0 N–H and O–H groups in total. The molecule has 124 valence electrons. The molecule has 0 aromatic heterocycles. The van der Waals surface area contributed by atoms with Gasteiger partial charge in [0.25, 0.3) is 5.91 Å². The fraction of sp³-hybridized carbons (Fsp3) is 0.222. The molecular weight excluding hydrogens is 314 g/mol. The van der Waals surface area contributed by atoms with E-state index in [2.05, 4.69) is 0 Å².